The molecule has 3 nitrogen and oxygen atoms in total. The zero-order valence-electron chi connectivity index (χ0n) is 12.0. The van der Waals surface area contributed by atoms with Crippen LogP contribution in [0.4, 0.5) is 0 Å². The smallest absolute Gasteiger partial charge is 0.119 e. The number of imidazole rings is 1. The van der Waals surface area contributed by atoms with Crippen molar-refractivity contribution in [1.29, 1.82) is 0 Å². The summed E-state index contributed by atoms with van der Waals surface area (Å²) >= 11 is 0. The Morgan fingerprint density at radius 1 is 1.26 bits per heavy atom. The molecule has 2 aromatic rings. The van der Waals surface area contributed by atoms with Gasteiger partial charge in [-0.25, -0.2) is 4.98 Å². The van der Waals surface area contributed by atoms with Gasteiger partial charge in [-0.15, -0.1) is 0 Å². The van der Waals surface area contributed by atoms with Crippen molar-refractivity contribution in [2.24, 2.45) is 0 Å². The fourth-order valence-corrected chi connectivity index (χ4v) is 2.03. The van der Waals surface area contributed by atoms with Crippen molar-refractivity contribution >= 4 is 0 Å². The van der Waals surface area contributed by atoms with E-state index in [0.717, 1.165) is 18.1 Å². The van der Waals surface area contributed by atoms with Gasteiger partial charge in [0.2, 0.25) is 0 Å². The number of ether oxygens (including phenoxy) is 1. The summed E-state index contributed by atoms with van der Waals surface area (Å²) in [4.78, 5) is 4.19. The molecule has 0 radical (unpaired) electrons. The second-order valence-corrected chi connectivity index (χ2v) is 4.89. The lowest BCUT2D eigenvalue weighted by molar-refractivity contribution is 0.297. The van der Waals surface area contributed by atoms with E-state index in [-0.39, 0.29) is 0 Å². The van der Waals surface area contributed by atoms with Gasteiger partial charge in [0.25, 0.3) is 0 Å². The largest absolute Gasteiger partial charge is 0.492 e. The van der Waals surface area contributed by atoms with E-state index >= 15 is 0 Å². The maximum absolute atomic E-state index is 5.75. The minimum Gasteiger partial charge on any atom is -0.492 e. The summed E-state index contributed by atoms with van der Waals surface area (Å²) in [5.74, 6) is 2.57. The zero-order valence-corrected chi connectivity index (χ0v) is 12.0. The highest BCUT2D eigenvalue weighted by Gasteiger charge is 2.03. The standard InChI is InChI=1S/C16H22N2O/c1-4-13(2)15-5-7-16(8-6-15)19-12-11-18-10-9-17-14(18)3/h5-10,13H,4,11-12H2,1-3H3. The number of nitrogens with zero attached hydrogens (tertiary/aromatic N) is 2. The van der Waals surface area contributed by atoms with Crippen molar-refractivity contribution in [3.05, 3.63) is 48.0 Å². The fraction of sp³-hybridized carbons (Fsp3) is 0.438. The van der Waals surface area contributed by atoms with E-state index in [1.165, 1.54) is 12.0 Å². The summed E-state index contributed by atoms with van der Waals surface area (Å²) in [7, 11) is 0. The molecule has 1 atom stereocenters. The van der Waals surface area contributed by atoms with Gasteiger partial charge in [-0.1, -0.05) is 26.0 Å². The number of hydrogen-bond donors (Lipinski definition) is 0. The Morgan fingerprint density at radius 3 is 2.58 bits per heavy atom. The quantitative estimate of drug-likeness (QED) is 0.788. The first-order valence-electron chi connectivity index (χ1n) is 6.91. The van der Waals surface area contributed by atoms with Gasteiger partial charge in [0.15, 0.2) is 0 Å². The average Bonchev–Trinajstić information content (AvgIpc) is 2.84. The topological polar surface area (TPSA) is 27.1 Å². The lowest BCUT2D eigenvalue weighted by Crippen LogP contribution is -2.08. The molecule has 1 unspecified atom stereocenters. The molecule has 1 aromatic carbocycles. The average molecular weight is 258 g/mol. The number of aromatic nitrogens is 2. The van der Waals surface area contributed by atoms with Gasteiger partial charge in [0.05, 0.1) is 6.54 Å². The Hall–Kier alpha value is -1.77. The van der Waals surface area contributed by atoms with Crippen LogP contribution in [0.3, 0.4) is 0 Å². The molecule has 0 fully saturated rings. The van der Waals surface area contributed by atoms with Crippen molar-refractivity contribution in [1.82, 2.24) is 9.55 Å². The first-order valence-corrected chi connectivity index (χ1v) is 6.91. The lowest BCUT2D eigenvalue weighted by atomic mass is 9.99. The second-order valence-electron chi connectivity index (χ2n) is 4.89. The minimum atomic E-state index is 0.614. The molecule has 3 heteroatoms. The van der Waals surface area contributed by atoms with Gasteiger partial charge in [0, 0.05) is 12.4 Å². The number of aryl methyl sites for hydroxylation is 1. The summed E-state index contributed by atoms with van der Waals surface area (Å²) in [6.45, 7) is 7.96. The van der Waals surface area contributed by atoms with Crippen LogP contribution in [0, 0.1) is 6.92 Å². The van der Waals surface area contributed by atoms with Crippen molar-refractivity contribution in [3.63, 3.8) is 0 Å². The summed E-state index contributed by atoms with van der Waals surface area (Å²) in [5, 5.41) is 0. The van der Waals surface area contributed by atoms with Crippen molar-refractivity contribution in [2.75, 3.05) is 6.61 Å². The van der Waals surface area contributed by atoms with E-state index < -0.39 is 0 Å². The number of hydrogen-bond acceptors (Lipinski definition) is 2. The minimum absolute atomic E-state index is 0.614. The van der Waals surface area contributed by atoms with Gasteiger partial charge < -0.3 is 9.30 Å². The summed E-state index contributed by atoms with van der Waals surface area (Å²) < 4.78 is 7.84. The molecule has 0 aliphatic carbocycles. The highest BCUT2D eigenvalue weighted by atomic mass is 16.5. The monoisotopic (exact) mass is 258 g/mol. The third kappa shape index (κ3) is 3.60. The predicted octanol–water partition coefficient (Wildman–Crippen LogP) is 3.78. The van der Waals surface area contributed by atoms with E-state index in [2.05, 4.69) is 47.7 Å². The van der Waals surface area contributed by atoms with E-state index in [1.54, 1.807) is 0 Å². The number of benzene rings is 1. The normalized spacial score (nSPS) is 12.4. The molecular formula is C16H22N2O. The van der Waals surface area contributed by atoms with Crippen LogP contribution in [0.5, 0.6) is 5.75 Å². The Bertz CT molecular complexity index is 502. The van der Waals surface area contributed by atoms with Crippen LogP contribution in [-0.4, -0.2) is 16.2 Å². The van der Waals surface area contributed by atoms with E-state index in [9.17, 15) is 0 Å². The van der Waals surface area contributed by atoms with Crippen molar-refractivity contribution < 1.29 is 4.74 Å². The van der Waals surface area contributed by atoms with Crippen LogP contribution in [-0.2, 0) is 6.54 Å². The van der Waals surface area contributed by atoms with Crippen LogP contribution in [0.2, 0.25) is 0 Å². The summed E-state index contributed by atoms with van der Waals surface area (Å²) in [5.41, 5.74) is 1.38. The highest BCUT2D eigenvalue weighted by molar-refractivity contribution is 5.29. The molecule has 0 aliphatic rings. The van der Waals surface area contributed by atoms with Gasteiger partial charge >= 0.3 is 0 Å². The van der Waals surface area contributed by atoms with Gasteiger partial charge in [-0.3, -0.25) is 0 Å². The molecule has 1 heterocycles. The molecule has 0 N–H and O–H groups in total. The lowest BCUT2D eigenvalue weighted by Gasteiger charge is -2.11. The van der Waals surface area contributed by atoms with Gasteiger partial charge in [0.1, 0.15) is 18.2 Å². The van der Waals surface area contributed by atoms with Crippen LogP contribution in [0.15, 0.2) is 36.7 Å². The molecule has 102 valence electrons. The molecular weight excluding hydrogens is 236 g/mol. The molecule has 0 bridgehead atoms. The zero-order chi connectivity index (χ0) is 13.7. The maximum Gasteiger partial charge on any atom is 0.119 e. The van der Waals surface area contributed by atoms with Crippen molar-refractivity contribution in [3.8, 4) is 5.75 Å². The van der Waals surface area contributed by atoms with Crippen LogP contribution < -0.4 is 4.74 Å². The molecule has 0 saturated carbocycles. The van der Waals surface area contributed by atoms with Gasteiger partial charge in [-0.05, 0) is 37.0 Å². The highest BCUT2D eigenvalue weighted by Crippen LogP contribution is 2.21. The third-order valence-electron chi connectivity index (χ3n) is 3.59. The summed E-state index contributed by atoms with van der Waals surface area (Å²) in [6, 6.07) is 8.43. The SMILES string of the molecule is CCC(C)c1ccc(OCCn2ccnc2C)cc1. The Balaban J connectivity index is 1.85. The third-order valence-corrected chi connectivity index (χ3v) is 3.59. The molecule has 0 aliphatic heterocycles. The van der Waals surface area contributed by atoms with Gasteiger partial charge in [-0.2, -0.15) is 0 Å². The number of rotatable bonds is 6. The van der Waals surface area contributed by atoms with Crippen molar-refractivity contribution in [2.45, 2.75) is 39.7 Å². The molecule has 0 amide bonds. The maximum atomic E-state index is 5.75. The molecule has 0 saturated heterocycles. The predicted molar refractivity (Wildman–Crippen MR) is 77.6 cm³/mol. The fourth-order valence-electron chi connectivity index (χ4n) is 2.03. The molecule has 0 spiro atoms. The van der Waals surface area contributed by atoms with Crippen LogP contribution in [0.25, 0.3) is 0 Å². The van der Waals surface area contributed by atoms with E-state index in [4.69, 9.17) is 4.74 Å². The molecule has 1 aromatic heterocycles. The summed E-state index contributed by atoms with van der Waals surface area (Å²) in [6.07, 6.45) is 4.96. The van der Waals surface area contributed by atoms with Crippen LogP contribution in [0.1, 0.15) is 37.6 Å². The molecule has 2 rings (SSSR count). The van der Waals surface area contributed by atoms with Crippen LogP contribution >= 0.6 is 0 Å². The second kappa shape index (κ2) is 6.41. The Labute approximate surface area is 115 Å². The van der Waals surface area contributed by atoms with E-state index in [1.807, 2.05) is 19.3 Å². The Morgan fingerprint density at radius 2 is 2.00 bits per heavy atom. The first-order chi connectivity index (χ1) is 9.20. The Kier molecular flexibility index (Phi) is 4.61. The first kappa shape index (κ1) is 13.7. The molecule has 19 heavy (non-hydrogen) atoms. The van der Waals surface area contributed by atoms with E-state index in [0.29, 0.717) is 12.5 Å².